The molecule has 0 aromatic rings. The van der Waals surface area contributed by atoms with Crippen molar-refractivity contribution in [3.8, 4) is 0 Å². The van der Waals surface area contributed by atoms with Crippen LogP contribution in [0.5, 0.6) is 0 Å². The van der Waals surface area contributed by atoms with Crippen molar-refractivity contribution in [2.75, 3.05) is 26.2 Å². The number of nitrogens with zero attached hydrogens (tertiary/aromatic N) is 1. The third-order valence-corrected chi connectivity index (χ3v) is 4.07. The van der Waals surface area contributed by atoms with E-state index in [1.807, 2.05) is 0 Å². The number of piperidine rings is 1. The van der Waals surface area contributed by atoms with Crippen molar-refractivity contribution in [3.63, 3.8) is 0 Å². The fourth-order valence-corrected chi connectivity index (χ4v) is 3.29. The van der Waals surface area contributed by atoms with Crippen LogP contribution in [0.15, 0.2) is 0 Å². The van der Waals surface area contributed by atoms with Gasteiger partial charge >= 0.3 is 0 Å². The van der Waals surface area contributed by atoms with Crippen molar-refractivity contribution in [1.82, 2.24) is 4.90 Å². The van der Waals surface area contributed by atoms with Gasteiger partial charge in [0.15, 0.2) is 0 Å². The van der Waals surface area contributed by atoms with Crippen molar-refractivity contribution in [2.45, 2.75) is 26.2 Å². The van der Waals surface area contributed by atoms with Crippen molar-refractivity contribution >= 4 is 0 Å². The number of hydrogen-bond donors (Lipinski definition) is 1. The molecular weight excluding hydrogens is 160 g/mol. The average molecular weight is 182 g/mol. The van der Waals surface area contributed by atoms with Crippen molar-refractivity contribution < 1.29 is 0 Å². The standard InChI is InChI=1S/C11H22N2/c1-2-13-7-9-4-3-5-10(8-13)11(9)6-12/h9-11H,2-8,12H2,1H3. The lowest BCUT2D eigenvalue weighted by Gasteiger charge is -2.47. The summed E-state index contributed by atoms with van der Waals surface area (Å²) in [5, 5.41) is 0. The lowest BCUT2D eigenvalue weighted by atomic mass is 9.69. The van der Waals surface area contributed by atoms with E-state index in [0.29, 0.717) is 0 Å². The van der Waals surface area contributed by atoms with E-state index in [4.69, 9.17) is 5.73 Å². The zero-order valence-corrected chi connectivity index (χ0v) is 8.71. The molecule has 2 nitrogen and oxygen atoms in total. The summed E-state index contributed by atoms with van der Waals surface area (Å²) in [6.07, 6.45) is 4.30. The molecule has 13 heavy (non-hydrogen) atoms. The van der Waals surface area contributed by atoms with E-state index in [9.17, 15) is 0 Å². The van der Waals surface area contributed by atoms with Crippen LogP contribution in [-0.2, 0) is 0 Å². The highest BCUT2D eigenvalue weighted by Crippen LogP contribution is 2.38. The molecule has 2 atom stereocenters. The lowest BCUT2D eigenvalue weighted by Crippen LogP contribution is -2.50. The van der Waals surface area contributed by atoms with E-state index in [2.05, 4.69) is 11.8 Å². The molecule has 0 aromatic carbocycles. The Labute approximate surface area is 81.5 Å². The second kappa shape index (κ2) is 3.97. The maximum Gasteiger partial charge on any atom is 0.00129 e. The van der Waals surface area contributed by atoms with Gasteiger partial charge in [0.1, 0.15) is 0 Å². The highest BCUT2D eigenvalue weighted by atomic mass is 15.1. The smallest absolute Gasteiger partial charge is 0.00129 e. The molecule has 0 amide bonds. The Hall–Kier alpha value is -0.0800. The van der Waals surface area contributed by atoms with Crippen molar-refractivity contribution in [1.29, 1.82) is 0 Å². The van der Waals surface area contributed by atoms with Crippen LogP contribution in [0.1, 0.15) is 26.2 Å². The second-order valence-electron chi connectivity index (χ2n) is 4.70. The van der Waals surface area contributed by atoms with Crippen molar-refractivity contribution in [3.05, 3.63) is 0 Å². The summed E-state index contributed by atoms with van der Waals surface area (Å²) in [6.45, 7) is 7.05. The van der Waals surface area contributed by atoms with Crippen LogP contribution < -0.4 is 5.73 Å². The summed E-state index contributed by atoms with van der Waals surface area (Å²) in [5.74, 6) is 2.67. The number of rotatable bonds is 2. The minimum atomic E-state index is 0.844. The van der Waals surface area contributed by atoms with Gasteiger partial charge in [-0.1, -0.05) is 13.3 Å². The predicted molar refractivity (Wildman–Crippen MR) is 55.5 cm³/mol. The third kappa shape index (κ3) is 1.75. The first-order valence-corrected chi connectivity index (χ1v) is 5.77. The van der Waals surface area contributed by atoms with Crippen LogP contribution in [0.4, 0.5) is 0 Å². The van der Waals surface area contributed by atoms with Gasteiger partial charge in [-0.3, -0.25) is 0 Å². The monoisotopic (exact) mass is 182 g/mol. The fourth-order valence-electron chi connectivity index (χ4n) is 3.29. The minimum Gasteiger partial charge on any atom is -0.330 e. The van der Waals surface area contributed by atoms with Gasteiger partial charge in [-0.25, -0.2) is 0 Å². The van der Waals surface area contributed by atoms with Gasteiger partial charge in [0.2, 0.25) is 0 Å². The lowest BCUT2D eigenvalue weighted by molar-refractivity contribution is 0.0305. The Bertz CT molecular complexity index is 155. The predicted octanol–water partition coefficient (Wildman–Crippen LogP) is 1.31. The molecule has 1 aliphatic heterocycles. The van der Waals surface area contributed by atoms with Crippen LogP contribution >= 0.6 is 0 Å². The topological polar surface area (TPSA) is 29.3 Å². The van der Waals surface area contributed by atoms with E-state index >= 15 is 0 Å². The number of fused-ring (bicyclic) bond motifs is 2. The molecule has 0 spiro atoms. The van der Waals surface area contributed by atoms with Crippen molar-refractivity contribution in [2.24, 2.45) is 23.5 Å². The molecule has 2 N–H and O–H groups in total. The molecule has 0 radical (unpaired) electrons. The average Bonchev–Trinajstić information content (AvgIpc) is 2.15. The zero-order chi connectivity index (χ0) is 9.26. The molecule has 1 saturated carbocycles. The maximum absolute atomic E-state index is 5.86. The quantitative estimate of drug-likeness (QED) is 0.698. The summed E-state index contributed by atoms with van der Waals surface area (Å²) in [4.78, 5) is 2.61. The number of nitrogens with two attached hydrogens (primary N) is 1. The zero-order valence-electron chi connectivity index (χ0n) is 8.71. The van der Waals surface area contributed by atoms with Gasteiger partial charge in [-0.05, 0) is 43.7 Å². The molecular formula is C11H22N2. The molecule has 2 rings (SSSR count). The first kappa shape index (κ1) is 9.47. The molecule has 1 saturated heterocycles. The van der Waals surface area contributed by atoms with Gasteiger partial charge < -0.3 is 10.6 Å². The molecule has 2 aliphatic rings. The minimum absolute atomic E-state index is 0.844. The van der Waals surface area contributed by atoms with Crippen LogP contribution in [0, 0.1) is 17.8 Å². The summed E-state index contributed by atoms with van der Waals surface area (Å²) < 4.78 is 0. The highest BCUT2D eigenvalue weighted by Gasteiger charge is 2.37. The van der Waals surface area contributed by atoms with E-state index in [1.165, 1.54) is 38.9 Å². The van der Waals surface area contributed by atoms with Crippen LogP contribution in [0.25, 0.3) is 0 Å². The Kier molecular flexibility index (Phi) is 2.89. The van der Waals surface area contributed by atoms with Crippen LogP contribution in [0.2, 0.25) is 0 Å². The normalized spacial score (nSPS) is 40.6. The van der Waals surface area contributed by atoms with Crippen LogP contribution in [0.3, 0.4) is 0 Å². The second-order valence-corrected chi connectivity index (χ2v) is 4.70. The van der Waals surface area contributed by atoms with Crippen LogP contribution in [-0.4, -0.2) is 31.1 Å². The van der Waals surface area contributed by atoms with Gasteiger partial charge in [0.05, 0.1) is 0 Å². The van der Waals surface area contributed by atoms with Gasteiger partial charge in [0.25, 0.3) is 0 Å². The Morgan fingerprint density at radius 2 is 1.85 bits per heavy atom. The first-order chi connectivity index (χ1) is 6.35. The SMILES string of the molecule is CCN1CC2CCCC(C1)C2CN. The first-order valence-electron chi connectivity index (χ1n) is 5.77. The molecule has 1 aliphatic carbocycles. The third-order valence-electron chi connectivity index (χ3n) is 4.07. The van der Waals surface area contributed by atoms with Gasteiger partial charge in [0, 0.05) is 13.1 Å². The summed E-state index contributed by atoms with van der Waals surface area (Å²) >= 11 is 0. The summed E-state index contributed by atoms with van der Waals surface area (Å²) in [6, 6.07) is 0. The van der Waals surface area contributed by atoms with E-state index in [1.54, 1.807) is 0 Å². The molecule has 0 aromatic heterocycles. The highest BCUT2D eigenvalue weighted by molar-refractivity contribution is 4.90. The Morgan fingerprint density at radius 3 is 2.31 bits per heavy atom. The molecule has 76 valence electrons. The van der Waals surface area contributed by atoms with E-state index in [-0.39, 0.29) is 0 Å². The Morgan fingerprint density at radius 1 is 1.23 bits per heavy atom. The molecule has 2 fully saturated rings. The van der Waals surface area contributed by atoms with Gasteiger partial charge in [-0.2, -0.15) is 0 Å². The molecule has 2 bridgehead atoms. The fraction of sp³-hybridized carbons (Fsp3) is 1.00. The molecule has 2 unspecified atom stereocenters. The van der Waals surface area contributed by atoms with Gasteiger partial charge in [-0.15, -0.1) is 0 Å². The number of likely N-dealkylation sites (tertiary alicyclic amines) is 1. The maximum atomic E-state index is 5.86. The number of hydrogen-bond acceptors (Lipinski definition) is 2. The van der Waals surface area contributed by atoms with E-state index < -0.39 is 0 Å². The summed E-state index contributed by atoms with van der Waals surface area (Å²) in [7, 11) is 0. The molecule has 1 heterocycles. The Balaban J connectivity index is 2.03. The largest absolute Gasteiger partial charge is 0.330 e. The molecule has 2 heteroatoms. The summed E-state index contributed by atoms with van der Waals surface area (Å²) in [5.41, 5.74) is 5.86. The van der Waals surface area contributed by atoms with E-state index in [0.717, 1.165) is 24.3 Å².